The number of benzene rings is 1. The summed E-state index contributed by atoms with van der Waals surface area (Å²) in [6, 6.07) is 5.99. The van der Waals surface area contributed by atoms with Gasteiger partial charge in [0.25, 0.3) is 0 Å². The molecular formula is C13H17BrF2N2O2S. The maximum absolute atomic E-state index is 12.8. The first kappa shape index (κ1) is 16.6. The van der Waals surface area contributed by atoms with Crippen molar-refractivity contribution in [3.8, 4) is 0 Å². The number of alkyl halides is 3. The zero-order valence-electron chi connectivity index (χ0n) is 11.4. The lowest BCUT2D eigenvalue weighted by molar-refractivity contribution is 0.234. The van der Waals surface area contributed by atoms with Gasteiger partial charge in [0.2, 0.25) is 9.84 Å². The lowest BCUT2D eigenvalue weighted by atomic mass is 10.2. The van der Waals surface area contributed by atoms with Crippen LogP contribution in [-0.4, -0.2) is 57.1 Å². The van der Waals surface area contributed by atoms with Gasteiger partial charge in [0.05, 0.1) is 10.6 Å². The first-order chi connectivity index (χ1) is 9.96. The molecule has 8 heteroatoms. The Labute approximate surface area is 131 Å². The predicted molar refractivity (Wildman–Crippen MR) is 82.1 cm³/mol. The van der Waals surface area contributed by atoms with Crippen molar-refractivity contribution < 1.29 is 17.2 Å². The second kappa shape index (κ2) is 7.02. The van der Waals surface area contributed by atoms with Gasteiger partial charge in [-0.05, 0) is 12.1 Å². The van der Waals surface area contributed by atoms with E-state index in [-0.39, 0.29) is 4.90 Å². The number of para-hydroxylation sites is 1. The first-order valence-corrected chi connectivity index (χ1v) is 9.28. The maximum atomic E-state index is 12.8. The minimum Gasteiger partial charge on any atom is -0.368 e. The standard InChI is InChI=1S/C13H17BrF2N2O2S/c14-5-6-17-7-9-18(10-8-17)11-3-1-2-4-12(11)21(19,20)13(15)16/h1-4,13H,5-10H2. The van der Waals surface area contributed by atoms with Gasteiger partial charge >= 0.3 is 5.76 Å². The van der Waals surface area contributed by atoms with Crippen molar-refractivity contribution in [1.82, 2.24) is 4.90 Å². The van der Waals surface area contributed by atoms with Crippen LogP contribution in [0, 0.1) is 0 Å². The summed E-state index contributed by atoms with van der Waals surface area (Å²) in [7, 11) is -4.58. The molecule has 0 unspecified atom stereocenters. The van der Waals surface area contributed by atoms with E-state index in [0.717, 1.165) is 25.0 Å². The van der Waals surface area contributed by atoms with E-state index in [9.17, 15) is 17.2 Å². The summed E-state index contributed by atoms with van der Waals surface area (Å²) in [5.41, 5.74) is 0.372. The van der Waals surface area contributed by atoms with Crippen LogP contribution in [0.2, 0.25) is 0 Å². The SMILES string of the molecule is O=S(=O)(c1ccccc1N1CCN(CCBr)CC1)C(F)F. The van der Waals surface area contributed by atoms with Crippen molar-refractivity contribution in [2.45, 2.75) is 10.7 Å². The molecule has 0 aromatic heterocycles. The molecule has 1 fully saturated rings. The Morgan fingerprint density at radius 1 is 1.14 bits per heavy atom. The fourth-order valence-electron chi connectivity index (χ4n) is 2.39. The Bertz CT molecular complexity index is 575. The molecule has 1 saturated heterocycles. The highest BCUT2D eigenvalue weighted by molar-refractivity contribution is 9.09. The number of anilines is 1. The molecule has 0 atom stereocenters. The Kier molecular flexibility index (Phi) is 5.56. The topological polar surface area (TPSA) is 40.6 Å². The molecular weight excluding hydrogens is 366 g/mol. The van der Waals surface area contributed by atoms with E-state index in [1.54, 1.807) is 12.1 Å². The van der Waals surface area contributed by atoms with E-state index in [0.29, 0.717) is 18.8 Å². The summed E-state index contributed by atoms with van der Waals surface area (Å²) in [6.07, 6.45) is 0. The number of halogens is 3. The third-order valence-corrected chi connectivity index (χ3v) is 5.30. The molecule has 118 valence electrons. The zero-order chi connectivity index (χ0) is 15.5. The van der Waals surface area contributed by atoms with E-state index in [2.05, 4.69) is 20.8 Å². The quantitative estimate of drug-likeness (QED) is 0.732. The van der Waals surface area contributed by atoms with Crippen LogP contribution in [0.5, 0.6) is 0 Å². The molecule has 0 aliphatic carbocycles. The normalized spacial score (nSPS) is 17.4. The van der Waals surface area contributed by atoms with Gasteiger partial charge in [0, 0.05) is 38.1 Å². The molecule has 0 amide bonds. The molecule has 4 nitrogen and oxygen atoms in total. The minimum atomic E-state index is -4.58. The largest absolute Gasteiger partial charge is 0.368 e. The summed E-state index contributed by atoms with van der Waals surface area (Å²) in [5.74, 6) is -3.40. The third kappa shape index (κ3) is 3.73. The number of hydrogen-bond donors (Lipinski definition) is 0. The van der Waals surface area contributed by atoms with Crippen molar-refractivity contribution in [3.63, 3.8) is 0 Å². The van der Waals surface area contributed by atoms with E-state index in [4.69, 9.17) is 0 Å². The highest BCUT2D eigenvalue weighted by Gasteiger charge is 2.31. The number of piperazine rings is 1. The van der Waals surface area contributed by atoms with Crippen molar-refractivity contribution in [2.75, 3.05) is 43.0 Å². The molecule has 21 heavy (non-hydrogen) atoms. The van der Waals surface area contributed by atoms with E-state index in [1.807, 2.05) is 4.90 Å². The lowest BCUT2D eigenvalue weighted by Gasteiger charge is -2.36. The van der Waals surface area contributed by atoms with Crippen LogP contribution in [-0.2, 0) is 9.84 Å². The molecule has 1 aromatic rings. The van der Waals surface area contributed by atoms with Gasteiger partial charge in [-0.15, -0.1) is 0 Å². The Morgan fingerprint density at radius 3 is 2.33 bits per heavy atom. The summed E-state index contributed by atoms with van der Waals surface area (Å²) < 4.78 is 49.1. The molecule has 0 spiro atoms. The van der Waals surface area contributed by atoms with Gasteiger partial charge in [-0.1, -0.05) is 28.1 Å². The van der Waals surface area contributed by atoms with Crippen molar-refractivity contribution in [2.24, 2.45) is 0 Å². The van der Waals surface area contributed by atoms with E-state index >= 15 is 0 Å². The summed E-state index contributed by atoms with van der Waals surface area (Å²) in [6.45, 7) is 3.75. The first-order valence-electron chi connectivity index (χ1n) is 6.61. The van der Waals surface area contributed by atoms with Gasteiger partial charge in [-0.2, -0.15) is 8.78 Å². The summed E-state index contributed by atoms with van der Waals surface area (Å²) in [5, 5.41) is 0.878. The number of nitrogens with zero attached hydrogens (tertiary/aromatic N) is 2. The van der Waals surface area contributed by atoms with Crippen LogP contribution < -0.4 is 4.90 Å². The average Bonchev–Trinajstić information content (AvgIpc) is 2.48. The van der Waals surface area contributed by atoms with Crippen molar-refractivity contribution in [3.05, 3.63) is 24.3 Å². The molecule has 2 rings (SSSR count). The second-order valence-electron chi connectivity index (χ2n) is 4.79. The van der Waals surface area contributed by atoms with Gasteiger partial charge < -0.3 is 4.90 Å². The molecule has 1 aliphatic rings. The summed E-state index contributed by atoms with van der Waals surface area (Å²) >= 11 is 3.38. The Balaban J connectivity index is 2.23. The van der Waals surface area contributed by atoms with Crippen LogP contribution in [0.1, 0.15) is 0 Å². The van der Waals surface area contributed by atoms with Crippen LogP contribution >= 0.6 is 15.9 Å². The molecule has 1 aromatic carbocycles. The highest BCUT2D eigenvalue weighted by Crippen LogP contribution is 2.29. The Hall–Kier alpha value is -0.730. The smallest absolute Gasteiger partial charge is 0.341 e. The zero-order valence-corrected chi connectivity index (χ0v) is 13.8. The molecule has 0 saturated carbocycles. The Morgan fingerprint density at radius 2 is 1.76 bits per heavy atom. The highest BCUT2D eigenvalue weighted by atomic mass is 79.9. The van der Waals surface area contributed by atoms with Crippen LogP contribution in [0.3, 0.4) is 0 Å². The number of sulfone groups is 1. The molecule has 0 radical (unpaired) electrons. The third-order valence-electron chi connectivity index (χ3n) is 3.52. The molecule has 1 heterocycles. The minimum absolute atomic E-state index is 0.283. The lowest BCUT2D eigenvalue weighted by Crippen LogP contribution is -2.47. The van der Waals surface area contributed by atoms with Gasteiger partial charge in [-0.25, -0.2) is 8.42 Å². The number of hydrogen-bond acceptors (Lipinski definition) is 4. The fourth-order valence-corrected chi connectivity index (χ4v) is 3.84. The maximum Gasteiger partial charge on any atom is 0.341 e. The van der Waals surface area contributed by atoms with Gasteiger partial charge in [0.15, 0.2) is 0 Å². The summed E-state index contributed by atoms with van der Waals surface area (Å²) in [4.78, 5) is 3.82. The fraction of sp³-hybridized carbons (Fsp3) is 0.538. The average molecular weight is 383 g/mol. The van der Waals surface area contributed by atoms with Gasteiger partial charge in [-0.3, -0.25) is 4.90 Å². The molecule has 0 bridgehead atoms. The van der Waals surface area contributed by atoms with Crippen molar-refractivity contribution in [1.29, 1.82) is 0 Å². The monoisotopic (exact) mass is 382 g/mol. The van der Waals surface area contributed by atoms with Crippen LogP contribution in [0.4, 0.5) is 14.5 Å². The van der Waals surface area contributed by atoms with Crippen molar-refractivity contribution >= 4 is 31.5 Å². The van der Waals surface area contributed by atoms with E-state index in [1.165, 1.54) is 12.1 Å². The second-order valence-corrected chi connectivity index (χ2v) is 7.47. The molecule has 0 N–H and O–H groups in total. The van der Waals surface area contributed by atoms with Crippen LogP contribution in [0.15, 0.2) is 29.2 Å². The van der Waals surface area contributed by atoms with Crippen LogP contribution in [0.25, 0.3) is 0 Å². The van der Waals surface area contributed by atoms with Gasteiger partial charge in [0.1, 0.15) is 0 Å². The predicted octanol–water partition coefficient (Wildman–Crippen LogP) is 2.20. The van der Waals surface area contributed by atoms with E-state index < -0.39 is 15.6 Å². The number of rotatable bonds is 5. The molecule has 1 aliphatic heterocycles.